The Morgan fingerprint density at radius 2 is 2.18 bits per heavy atom. The van der Waals surface area contributed by atoms with E-state index in [4.69, 9.17) is 4.74 Å². The van der Waals surface area contributed by atoms with Crippen molar-refractivity contribution in [3.8, 4) is 5.75 Å². The van der Waals surface area contributed by atoms with Gasteiger partial charge >= 0.3 is 0 Å². The predicted molar refractivity (Wildman–Crippen MR) is 71.3 cm³/mol. The first-order chi connectivity index (χ1) is 8.19. The van der Waals surface area contributed by atoms with Gasteiger partial charge in [0, 0.05) is 12.1 Å². The van der Waals surface area contributed by atoms with Crippen molar-refractivity contribution in [3.05, 3.63) is 29.8 Å². The molecule has 94 valence electrons. The van der Waals surface area contributed by atoms with Crippen LogP contribution in [0.5, 0.6) is 5.75 Å². The van der Waals surface area contributed by atoms with Crippen LogP contribution in [0.2, 0.25) is 0 Å². The molecule has 0 heterocycles. The molecule has 1 aromatic carbocycles. The molecule has 0 amide bonds. The molecule has 1 fully saturated rings. The fourth-order valence-electron chi connectivity index (χ4n) is 2.72. The maximum absolute atomic E-state index is 5.26. The van der Waals surface area contributed by atoms with E-state index in [1.165, 1.54) is 24.8 Å². The van der Waals surface area contributed by atoms with Crippen molar-refractivity contribution in [1.82, 2.24) is 5.32 Å². The molecule has 2 rings (SSSR count). The zero-order chi connectivity index (χ0) is 12.3. The van der Waals surface area contributed by atoms with Crippen molar-refractivity contribution < 1.29 is 4.74 Å². The molecule has 0 spiro atoms. The Labute approximate surface area is 104 Å². The molecular weight excluding hydrogens is 210 g/mol. The highest BCUT2D eigenvalue weighted by Gasteiger charge is 2.22. The third-order valence-corrected chi connectivity index (χ3v) is 3.77. The fourth-order valence-corrected chi connectivity index (χ4v) is 2.72. The van der Waals surface area contributed by atoms with E-state index in [1.54, 1.807) is 7.11 Å². The van der Waals surface area contributed by atoms with Crippen LogP contribution in [-0.4, -0.2) is 13.2 Å². The van der Waals surface area contributed by atoms with Gasteiger partial charge in [-0.05, 0) is 49.8 Å². The Kier molecular flexibility index (Phi) is 4.06. The van der Waals surface area contributed by atoms with Crippen molar-refractivity contribution in [2.24, 2.45) is 5.92 Å². The molecule has 1 aromatic rings. The number of ether oxygens (including phenoxy) is 1. The summed E-state index contributed by atoms with van der Waals surface area (Å²) >= 11 is 0. The number of benzene rings is 1. The molecule has 1 aliphatic carbocycles. The standard InChI is InChI=1S/C15H23NO/c1-11-7-8-14(9-11)16-12(2)13-5-4-6-15(10-13)17-3/h4-6,10-12,14,16H,7-9H2,1-3H3/t11?,12-,14?/m1/s1. The first-order valence-corrected chi connectivity index (χ1v) is 6.59. The van der Waals surface area contributed by atoms with Gasteiger partial charge < -0.3 is 10.1 Å². The van der Waals surface area contributed by atoms with Gasteiger partial charge in [0.1, 0.15) is 5.75 Å². The van der Waals surface area contributed by atoms with Gasteiger partial charge in [0.25, 0.3) is 0 Å². The van der Waals surface area contributed by atoms with Gasteiger partial charge in [0.05, 0.1) is 7.11 Å². The molecule has 2 unspecified atom stereocenters. The normalized spacial score (nSPS) is 25.8. The number of methoxy groups -OCH3 is 1. The summed E-state index contributed by atoms with van der Waals surface area (Å²) in [4.78, 5) is 0. The summed E-state index contributed by atoms with van der Waals surface area (Å²) in [5.74, 6) is 1.82. The lowest BCUT2D eigenvalue weighted by Gasteiger charge is -2.20. The number of rotatable bonds is 4. The minimum atomic E-state index is 0.403. The van der Waals surface area contributed by atoms with Gasteiger partial charge in [0.2, 0.25) is 0 Å². The SMILES string of the molecule is COc1cccc([C@@H](C)NC2CCC(C)C2)c1. The average molecular weight is 233 g/mol. The van der Waals surface area contributed by atoms with E-state index in [2.05, 4.69) is 37.4 Å². The smallest absolute Gasteiger partial charge is 0.119 e. The molecule has 1 saturated carbocycles. The van der Waals surface area contributed by atoms with Gasteiger partial charge in [0.15, 0.2) is 0 Å². The summed E-state index contributed by atoms with van der Waals surface area (Å²) in [5.41, 5.74) is 1.31. The highest BCUT2D eigenvalue weighted by atomic mass is 16.5. The summed E-state index contributed by atoms with van der Waals surface area (Å²) in [7, 11) is 1.72. The van der Waals surface area contributed by atoms with Crippen molar-refractivity contribution in [3.63, 3.8) is 0 Å². The van der Waals surface area contributed by atoms with Gasteiger partial charge in [-0.25, -0.2) is 0 Å². The van der Waals surface area contributed by atoms with Gasteiger partial charge in [-0.2, -0.15) is 0 Å². The van der Waals surface area contributed by atoms with E-state index in [1.807, 2.05) is 6.07 Å². The van der Waals surface area contributed by atoms with E-state index in [0.29, 0.717) is 12.1 Å². The van der Waals surface area contributed by atoms with Gasteiger partial charge in [-0.15, -0.1) is 0 Å². The Hall–Kier alpha value is -1.02. The summed E-state index contributed by atoms with van der Waals surface area (Å²) < 4.78 is 5.26. The molecule has 2 heteroatoms. The summed E-state index contributed by atoms with van der Waals surface area (Å²) in [6, 6.07) is 9.43. The highest BCUT2D eigenvalue weighted by Crippen LogP contribution is 2.27. The van der Waals surface area contributed by atoms with Crippen LogP contribution in [-0.2, 0) is 0 Å². The van der Waals surface area contributed by atoms with E-state index >= 15 is 0 Å². The number of nitrogens with one attached hydrogen (secondary N) is 1. The first-order valence-electron chi connectivity index (χ1n) is 6.59. The van der Waals surface area contributed by atoms with Crippen LogP contribution < -0.4 is 10.1 Å². The van der Waals surface area contributed by atoms with E-state index in [-0.39, 0.29) is 0 Å². The molecule has 2 nitrogen and oxygen atoms in total. The highest BCUT2D eigenvalue weighted by molar-refractivity contribution is 5.30. The van der Waals surface area contributed by atoms with Crippen LogP contribution in [0, 0.1) is 5.92 Å². The molecule has 17 heavy (non-hydrogen) atoms. The topological polar surface area (TPSA) is 21.3 Å². The Bertz CT molecular complexity index is 364. The summed E-state index contributed by atoms with van der Waals surface area (Å²) in [6.07, 6.45) is 3.99. The van der Waals surface area contributed by atoms with Crippen molar-refractivity contribution in [2.45, 2.75) is 45.2 Å². The Morgan fingerprint density at radius 1 is 1.35 bits per heavy atom. The third-order valence-electron chi connectivity index (χ3n) is 3.77. The molecular formula is C15H23NO. The Morgan fingerprint density at radius 3 is 2.82 bits per heavy atom. The second-order valence-corrected chi connectivity index (χ2v) is 5.28. The van der Waals surface area contributed by atoms with Gasteiger partial charge in [-0.3, -0.25) is 0 Å². The average Bonchev–Trinajstić information content (AvgIpc) is 2.75. The van der Waals surface area contributed by atoms with Crippen LogP contribution in [0.4, 0.5) is 0 Å². The molecule has 3 atom stereocenters. The lowest BCUT2D eigenvalue weighted by Crippen LogP contribution is -2.29. The molecule has 1 N–H and O–H groups in total. The lowest BCUT2D eigenvalue weighted by molar-refractivity contribution is 0.411. The van der Waals surface area contributed by atoms with Crippen LogP contribution in [0.1, 0.15) is 44.7 Å². The molecule has 0 aromatic heterocycles. The largest absolute Gasteiger partial charge is 0.497 e. The van der Waals surface area contributed by atoms with Crippen molar-refractivity contribution >= 4 is 0 Å². The van der Waals surface area contributed by atoms with Crippen LogP contribution >= 0.6 is 0 Å². The van der Waals surface area contributed by atoms with E-state index in [0.717, 1.165) is 11.7 Å². The quantitative estimate of drug-likeness (QED) is 0.859. The maximum Gasteiger partial charge on any atom is 0.119 e. The zero-order valence-electron chi connectivity index (χ0n) is 11.1. The minimum Gasteiger partial charge on any atom is -0.497 e. The second kappa shape index (κ2) is 5.54. The molecule has 0 saturated heterocycles. The van der Waals surface area contributed by atoms with Crippen LogP contribution in [0.3, 0.4) is 0 Å². The summed E-state index contributed by atoms with van der Waals surface area (Å²) in [5, 5.41) is 3.72. The van der Waals surface area contributed by atoms with Crippen LogP contribution in [0.25, 0.3) is 0 Å². The zero-order valence-corrected chi connectivity index (χ0v) is 11.1. The third kappa shape index (κ3) is 3.22. The molecule has 0 radical (unpaired) electrons. The molecule has 1 aliphatic rings. The molecule has 0 aliphatic heterocycles. The Balaban J connectivity index is 1.96. The van der Waals surface area contributed by atoms with Crippen molar-refractivity contribution in [1.29, 1.82) is 0 Å². The first kappa shape index (κ1) is 12.4. The van der Waals surface area contributed by atoms with E-state index < -0.39 is 0 Å². The number of hydrogen-bond acceptors (Lipinski definition) is 2. The van der Waals surface area contributed by atoms with Crippen LogP contribution in [0.15, 0.2) is 24.3 Å². The fraction of sp³-hybridized carbons (Fsp3) is 0.600. The van der Waals surface area contributed by atoms with E-state index in [9.17, 15) is 0 Å². The predicted octanol–water partition coefficient (Wildman–Crippen LogP) is 3.53. The maximum atomic E-state index is 5.26. The monoisotopic (exact) mass is 233 g/mol. The number of hydrogen-bond donors (Lipinski definition) is 1. The molecule has 0 bridgehead atoms. The van der Waals surface area contributed by atoms with Gasteiger partial charge in [-0.1, -0.05) is 19.1 Å². The van der Waals surface area contributed by atoms with Crippen molar-refractivity contribution in [2.75, 3.05) is 7.11 Å². The lowest BCUT2D eigenvalue weighted by atomic mass is 10.1. The minimum absolute atomic E-state index is 0.403. The second-order valence-electron chi connectivity index (χ2n) is 5.28. The summed E-state index contributed by atoms with van der Waals surface area (Å²) in [6.45, 7) is 4.58.